The van der Waals surface area contributed by atoms with E-state index in [4.69, 9.17) is 18.0 Å². The monoisotopic (exact) mass is 303 g/mol. The van der Waals surface area contributed by atoms with Crippen molar-refractivity contribution in [3.05, 3.63) is 0 Å². The maximum absolute atomic E-state index is 12.0. The molecule has 6 heteroatoms. The largest absolute Gasteiger partial charge is 0.393 e. The van der Waals surface area contributed by atoms with Gasteiger partial charge >= 0.3 is 0 Å². The second-order valence-corrected chi connectivity index (χ2v) is 7.99. The molecule has 0 radical (unpaired) electrons. The summed E-state index contributed by atoms with van der Waals surface area (Å²) in [5, 5.41) is 0. The first kappa shape index (κ1) is 16.7. The van der Waals surface area contributed by atoms with Gasteiger partial charge in [0.2, 0.25) is 5.91 Å². The summed E-state index contributed by atoms with van der Waals surface area (Å²) in [4.78, 5) is 16.5. The first-order valence-electron chi connectivity index (χ1n) is 6.69. The normalized spacial score (nSPS) is 19.1. The second kappa shape index (κ2) is 7.45. The Balaban J connectivity index is 2.27. The first-order valence-corrected chi connectivity index (χ1v) is 8.08. The average molecular weight is 303 g/mol. The van der Waals surface area contributed by atoms with Crippen LogP contribution in [-0.2, 0) is 4.79 Å². The second-order valence-electron chi connectivity index (χ2n) is 5.67. The van der Waals surface area contributed by atoms with Gasteiger partial charge in [-0.25, -0.2) is 0 Å². The molecule has 1 rings (SSSR count). The van der Waals surface area contributed by atoms with E-state index in [-0.39, 0.29) is 5.91 Å². The van der Waals surface area contributed by atoms with Gasteiger partial charge in [-0.2, -0.15) is 11.8 Å². The lowest BCUT2D eigenvalue weighted by Gasteiger charge is -2.37. The molecular weight excluding hydrogens is 278 g/mol. The minimum Gasteiger partial charge on any atom is -0.393 e. The quantitative estimate of drug-likeness (QED) is 0.751. The number of nitrogens with zero attached hydrogens (tertiary/aromatic N) is 2. The van der Waals surface area contributed by atoms with Gasteiger partial charge in [0.05, 0.1) is 4.99 Å². The van der Waals surface area contributed by atoms with E-state index in [2.05, 4.69) is 18.7 Å². The van der Waals surface area contributed by atoms with Crippen molar-refractivity contribution < 1.29 is 4.79 Å². The molecule has 1 fully saturated rings. The summed E-state index contributed by atoms with van der Waals surface area (Å²) in [7, 11) is 1.82. The van der Waals surface area contributed by atoms with Crippen molar-refractivity contribution in [2.45, 2.75) is 31.4 Å². The Morgan fingerprint density at radius 1 is 1.47 bits per heavy atom. The molecule has 0 aromatic heterocycles. The molecule has 2 N–H and O–H groups in total. The van der Waals surface area contributed by atoms with Crippen LogP contribution in [0.15, 0.2) is 0 Å². The van der Waals surface area contributed by atoms with Crippen molar-refractivity contribution in [1.82, 2.24) is 9.80 Å². The van der Waals surface area contributed by atoms with E-state index in [1.54, 1.807) is 4.90 Å². The number of rotatable bonds is 6. The van der Waals surface area contributed by atoms with Gasteiger partial charge in [-0.15, -0.1) is 0 Å². The molecule has 0 aromatic rings. The van der Waals surface area contributed by atoms with Gasteiger partial charge < -0.3 is 15.5 Å². The number of nitrogens with two attached hydrogens (primary N) is 1. The Morgan fingerprint density at radius 3 is 2.74 bits per heavy atom. The van der Waals surface area contributed by atoms with Gasteiger partial charge in [0.25, 0.3) is 0 Å². The topological polar surface area (TPSA) is 49.6 Å². The maximum atomic E-state index is 12.0. The lowest BCUT2D eigenvalue weighted by atomic mass is 10.2. The van der Waals surface area contributed by atoms with Gasteiger partial charge in [0.1, 0.15) is 0 Å². The molecule has 1 aliphatic heterocycles. The predicted molar refractivity (Wildman–Crippen MR) is 86.6 cm³/mol. The zero-order valence-corrected chi connectivity index (χ0v) is 13.8. The van der Waals surface area contributed by atoms with Crippen molar-refractivity contribution in [2.24, 2.45) is 5.73 Å². The highest BCUT2D eigenvalue weighted by atomic mass is 32.2. The summed E-state index contributed by atoms with van der Waals surface area (Å²) >= 11 is 6.83. The third-order valence-electron chi connectivity index (χ3n) is 3.27. The molecule has 1 aliphatic rings. The van der Waals surface area contributed by atoms with Gasteiger partial charge in [-0.1, -0.05) is 12.2 Å². The van der Waals surface area contributed by atoms with E-state index in [0.29, 0.717) is 29.1 Å². The van der Waals surface area contributed by atoms with Crippen LogP contribution in [-0.4, -0.2) is 64.4 Å². The Bertz CT molecular complexity index is 334. The van der Waals surface area contributed by atoms with Crippen molar-refractivity contribution in [2.75, 3.05) is 39.0 Å². The first-order chi connectivity index (χ1) is 8.80. The smallest absolute Gasteiger partial charge is 0.223 e. The van der Waals surface area contributed by atoms with Gasteiger partial charge in [-0.3, -0.25) is 4.79 Å². The molecule has 1 amide bonds. The summed E-state index contributed by atoms with van der Waals surface area (Å²) in [5.74, 6) is 1.32. The predicted octanol–water partition coefficient (Wildman–Crippen LogP) is 1.34. The van der Waals surface area contributed by atoms with Gasteiger partial charge in [0, 0.05) is 56.6 Å². The molecule has 1 saturated heterocycles. The highest BCUT2D eigenvalue weighted by molar-refractivity contribution is 8.00. The maximum Gasteiger partial charge on any atom is 0.223 e. The molecular formula is C13H25N3OS2. The SMILES string of the molecule is CN(CCC(N)=S)C(=O)CCN1CCSC(C)(C)C1. The molecule has 110 valence electrons. The van der Waals surface area contributed by atoms with Crippen LogP contribution in [0.2, 0.25) is 0 Å². The zero-order chi connectivity index (χ0) is 14.5. The van der Waals surface area contributed by atoms with Crippen molar-refractivity contribution in [1.29, 1.82) is 0 Å². The number of thioether (sulfide) groups is 1. The molecule has 0 atom stereocenters. The minimum absolute atomic E-state index is 0.173. The molecule has 0 aliphatic carbocycles. The number of carbonyl (C=O) groups excluding carboxylic acids is 1. The van der Waals surface area contributed by atoms with Crippen molar-refractivity contribution in [3.63, 3.8) is 0 Å². The van der Waals surface area contributed by atoms with Gasteiger partial charge in [-0.05, 0) is 13.8 Å². The lowest BCUT2D eigenvalue weighted by Crippen LogP contribution is -2.44. The standard InChI is InChI=1S/C13H25N3OS2/c1-13(2)10-16(8-9-19-13)7-5-12(17)15(3)6-4-11(14)18/h4-10H2,1-3H3,(H2,14,18). The highest BCUT2D eigenvalue weighted by Gasteiger charge is 2.27. The summed E-state index contributed by atoms with van der Waals surface area (Å²) < 4.78 is 0.305. The molecule has 0 bridgehead atoms. The molecule has 0 unspecified atom stereocenters. The van der Waals surface area contributed by atoms with Crippen LogP contribution < -0.4 is 5.73 Å². The van der Waals surface area contributed by atoms with Gasteiger partial charge in [0.15, 0.2) is 0 Å². The molecule has 19 heavy (non-hydrogen) atoms. The van der Waals surface area contributed by atoms with Crippen molar-refractivity contribution in [3.8, 4) is 0 Å². The highest BCUT2D eigenvalue weighted by Crippen LogP contribution is 2.29. The number of thiocarbonyl (C=S) groups is 1. The third-order valence-corrected chi connectivity index (χ3v) is 4.77. The zero-order valence-electron chi connectivity index (χ0n) is 12.1. The average Bonchev–Trinajstić information content (AvgIpc) is 2.31. The fourth-order valence-corrected chi connectivity index (χ4v) is 3.42. The molecule has 0 saturated carbocycles. The molecule has 0 aromatic carbocycles. The van der Waals surface area contributed by atoms with Crippen LogP contribution in [0.3, 0.4) is 0 Å². The summed E-state index contributed by atoms with van der Waals surface area (Å²) in [6.07, 6.45) is 1.18. The third kappa shape index (κ3) is 6.58. The Labute approximate surface area is 126 Å². The van der Waals surface area contributed by atoms with E-state index in [1.807, 2.05) is 18.8 Å². The number of carbonyl (C=O) groups is 1. The Kier molecular flexibility index (Phi) is 6.56. The van der Waals surface area contributed by atoms with E-state index in [1.165, 1.54) is 0 Å². The van der Waals surface area contributed by atoms with E-state index >= 15 is 0 Å². The summed E-state index contributed by atoms with van der Waals surface area (Å²) in [6, 6.07) is 0. The van der Waals surface area contributed by atoms with Crippen LogP contribution in [0.1, 0.15) is 26.7 Å². The van der Waals surface area contributed by atoms with E-state index in [9.17, 15) is 4.79 Å². The minimum atomic E-state index is 0.173. The van der Waals surface area contributed by atoms with E-state index in [0.717, 1.165) is 25.4 Å². The molecule has 4 nitrogen and oxygen atoms in total. The Morgan fingerprint density at radius 2 is 2.16 bits per heavy atom. The van der Waals surface area contributed by atoms with Crippen LogP contribution in [0, 0.1) is 0 Å². The lowest BCUT2D eigenvalue weighted by molar-refractivity contribution is -0.130. The van der Waals surface area contributed by atoms with Crippen LogP contribution in [0.4, 0.5) is 0 Å². The Hall–Kier alpha value is -0.330. The fraction of sp³-hybridized carbons (Fsp3) is 0.846. The number of hydrogen-bond acceptors (Lipinski definition) is 4. The molecule has 0 spiro atoms. The fourth-order valence-electron chi connectivity index (χ4n) is 2.15. The van der Waals surface area contributed by atoms with Crippen LogP contribution >= 0.6 is 24.0 Å². The van der Waals surface area contributed by atoms with Crippen LogP contribution in [0.25, 0.3) is 0 Å². The van der Waals surface area contributed by atoms with Crippen LogP contribution in [0.5, 0.6) is 0 Å². The summed E-state index contributed by atoms with van der Waals surface area (Å²) in [5.41, 5.74) is 5.44. The number of hydrogen-bond donors (Lipinski definition) is 1. The number of amides is 1. The summed E-state index contributed by atoms with van der Waals surface area (Å²) in [6.45, 7) is 8.13. The van der Waals surface area contributed by atoms with E-state index < -0.39 is 0 Å². The van der Waals surface area contributed by atoms with Crippen molar-refractivity contribution >= 4 is 34.9 Å². The molecule has 1 heterocycles.